The van der Waals surface area contributed by atoms with Gasteiger partial charge < -0.3 is 4.52 Å². The van der Waals surface area contributed by atoms with Gasteiger partial charge in [-0.25, -0.2) is 0 Å². The largest absolute Gasteiger partial charge is 0.344 e. The van der Waals surface area contributed by atoms with Gasteiger partial charge in [0.25, 0.3) is 0 Å². The standard InChI is InChI=1S/C19H18ClN3O2/c1-14-17(19(20)25-22-14)12-13-18(24)21-23(15-8-4-2-5-9-15)16-10-6-3-7-11-16/h2-11H,12-13H2,1H3,(H,21,24). The predicted octanol–water partition coefficient (Wildman–Crippen LogP) is 4.44. The van der Waals surface area contributed by atoms with Gasteiger partial charge >= 0.3 is 0 Å². The van der Waals surface area contributed by atoms with E-state index in [1.54, 1.807) is 5.01 Å². The normalized spacial score (nSPS) is 10.5. The van der Waals surface area contributed by atoms with Crippen LogP contribution in [0.15, 0.2) is 65.2 Å². The quantitative estimate of drug-likeness (QED) is 0.664. The molecule has 3 aromatic rings. The second-order valence-electron chi connectivity index (χ2n) is 5.56. The molecule has 0 aliphatic rings. The molecule has 0 fully saturated rings. The third-order valence-corrected chi connectivity index (χ3v) is 4.10. The van der Waals surface area contributed by atoms with E-state index < -0.39 is 0 Å². The van der Waals surface area contributed by atoms with Crippen molar-refractivity contribution >= 4 is 28.9 Å². The Morgan fingerprint density at radius 2 is 1.64 bits per heavy atom. The van der Waals surface area contributed by atoms with Crippen molar-refractivity contribution in [3.8, 4) is 0 Å². The average molecular weight is 356 g/mol. The SMILES string of the molecule is Cc1noc(Cl)c1CCC(=O)NN(c1ccccc1)c1ccccc1. The number of nitrogens with zero attached hydrogens (tertiary/aromatic N) is 2. The molecule has 1 amide bonds. The van der Waals surface area contributed by atoms with Gasteiger partial charge in [0.2, 0.25) is 11.1 Å². The molecule has 0 radical (unpaired) electrons. The summed E-state index contributed by atoms with van der Waals surface area (Å²) >= 11 is 5.95. The third-order valence-electron chi connectivity index (χ3n) is 3.80. The Morgan fingerprint density at radius 1 is 1.08 bits per heavy atom. The molecule has 0 aliphatic carbocycles. The topological polar surface area (TPSA) is 58.4 Å². The lowest BCUT2D eigenvalue weighted by atomic mass is 10.1. The van der Waals surface area contributed by atoms with E-state index in [1.807, 2.05) is 67.6 Å². The Morgan fingerprint density at radius 3 is 2.12 bits per heavy atom. The number of amides is 1. The molecule has 1 N–H and O–H groups in total. The lowest BCUT2D eigenvalue weighted by molar-refractivity contribution is -0.121. The van der Waals surface area contributed by atoms with E-state index in [4.69, 9.17) is 16.1 Å². The van der Waals surface area contributed by atoms with Crippen LogP contribution >= 0.6 is 11.6 Å². The molecule has 0 atom stereocenters. The van der Waals surface area contributed by atoms with Crippen molar-refractivity contribution in [3.05, 3.63) is 77.1 Å². The highest BCUT2D eigenvalue weighted by Crippen LogP contribution is 2.23. The van der Waals surface area contributed by atoms with Gasteiger partial charge in [0.15, 0.2) is 0 Å². The summed E-state index contributed by atoms with van der Waals surface area (Å²) in [4.78, 5) is 12.5. The third kappa shape index (κ3) is 4.19. The Labute approximate surface area is 151 Å². The summed E-state index contributed by atoms with van der Waals surface area (Å²) in [5.41, 5.74) is 6.18. The first-order valence-corrected chi connectivity index (χ1v) is 8.33. The fraction of sp³-hybridized carbons (Fsp3) is 0.158. The summed E-state index contributed by atoms with van der Waals surface area (Å²) in [7, 11) is 0. The van der Waals surface area contributed by atoms with E-state index in [2.05, 4.69) is 10.6 Å². The van der Waals surface area contributed by atoms with Crippen LogP contribution in [0.25, 0.3) is 0 Å². The summed E-state index contributed by atoms with van der Waals surface area (Å²) in [6.45, 7) is 1.81. The van der Waals surface area contributed by atoms with Crippen LogP contribution in [-0.2, 0) is 11.2 Å². The van der Waals surface area contributed by atoms with Crippen LogP contribution in [0.3, 0.4) is 0 Å². The Kier molecular flexibility index (Phi) is 5.36. The first kappa shape index (κ1) is 17.0. The molecular formula is C19H18ClN3O2. The van der Waals surface area contributed by atoms with E-state index in [0.29, 0.717) is 12.1 Å². The van der Waals surface area contributed by atoms with E-state index in [0.717, 1.165) is 16.9 Å². The van der Waals surface area contributed by atoms with Gasteiger partial charge in [-0.2, -0.15) is 0 Å². The molecule has 0 unspecified atom stereocenters. The minimum absolute atomic E-state index is 0.121. The monoisotopic (exact) mass is 355 g/mol. The number of rotatable bonds is 6. The molecular weight excluding hydrogens is 338 g/mol. The van der Waals surface area contributed by atoms with Crippen molar-refractivity contribution in [2.75, 3.05) is 5.01 Å². The molecule has 0 saturated carbocycles. The fourth-order valence-electron chi connectivity index (χ4n) is 2.49. The van der Waals surface area contributed by atoms with Gasteiger partial charge in [0, 0.05) is 12.0 Å². The maximum Gasteiger partial charge on any atom is 0.239 e. The molecule has 6 heteroatoms. The van der Waals surface area contributed by atoms with Gasteiger partial charge in [-0.15, -0.1) is 0 Å². The lowest BCUT2D eigenvalue weighted by Gasteiger charge is -2.25. The van der Waals surface area contributed by atoms with Crippen LogP contribution in [0.1, 0.15) is 17.7 Å². The molecule has 128 valence electrons. The lowest BCUT2D eigenvalue weighted by Crippen LogP contribution is -2.39. The van der Waals surface area contributed by atoms with E-state index in [1.165, 1.54) is 0 Å². The van der Waals surface area contributed by atoms with Gasteiger partial charge in [-0.3, -0.25) is 15.2 Å². The number of carbonyl (C=O) groups is 1. The number of carbonyl (C=O) groups excluding carboxylic acids is 1. The van der Waals surface area contributed by atoms with E-state index >= 15 is 0 Å². The van der Waals surface area contributed by atoms with Crippen molar-refractivity contribution in [2.45, 2.75) is 19.8 Å². The van der Waals surface area contributed by atoms with Gasteiger partial charge in [0.05, 0.1) is 17.1 Å². The Balaban J connectivity index is 1.73. The van der Waals surface area contributed by atoms with Gasteiger partial charge in [-0.1, -0.05) is 41.6 Å². The maximum absolute atomic E-state index is 12.5. The van der Waals surface area contributed by atoms with Crippen molar-refractivity contribution in [3.63, 3.8) is 0 Å². The molecule has 1 aromatic heterocycles. The van der Waals surface area contributed by atoms with Crippen molar-refractivity contribution in [1.29, 1.82) is 0 Å². The second kappa shape index (κ2) is 7.85. The minimum Gasteiger partial charge on any atom is -0.344 e. The number of nitrogens with one attached hydrogen (secondary N) is 1. The highest BCUT2D eigenvalue weighted by molar-refractivity contribution is 6.29. The number of anilines is 2. The summed E-state index contributed by atoms with van der Waals surface area (Å²) in [6, 6.07) is 19.3. The molecule has 5 nitrogen and oxygen atoms in total. The summed E-state index contributed by atoms with van der Waals surface area (Å²) in [5, 5.41) is 5.81. The van der Waals surface area contributed by atoms with Crippen LogP contribution in [0, 0.1) is 6.92 Å². The number of benzene rings is 2. The molecule has 3 rings (SSSR count). The molecule has 25 heavy (non-hydrogen) atoms. The number of aryl methyl sites for hydroxylation is 1. The van der Waals surface area contributed by atoms with Crippen molar-refractivity contribution < 1.29 is 9.32 Å². The number of hydrogen-bond donors (Lipinski definition) is 1. The number of para-hydroxylation sites is 2. The van der Waals surface area contributed by atoms with Crippen LogP contribution in [-0.4, -0.2) is 11.1 Å². The fourth-order valence-corrected chi connectivity index (χ4v) is 2.76. The Bertz CT molecular complexity index is 775. The maximum atomic E-state index is 12.5. The molecule has 2 aromatic carbocycles. The van der Waals surface area contributed by atoms with Crippen molar-refractivity contribution in [1.82, 2.24) is 10.6 Å². The van der Waals surface area contributed by atoms with Crippen molar-refractivity contribution in [2.24, 2.45) is 0 Å². The molecule has 0 spiro atoms. The predicted molar refractivity (Wildman–Crippen MR) is 97.7 cm³/mol. The summed E-state index contributed by atoms with van der Waals surface area (Å²) < 4.78 is 4.92. The van der Waals surface area contributed by atoms with Gasteiger partial charge in [-0.05, 0) is 49.2 Å². The number of halogens is 1. The van der Waals surface area contributed by atoms with Crippen LogP contribution in [0.2, 0.25) is 5.22 Å². The van der Waals surface area contributed by atoms with E-state index in [-0.39, 0.29) is 17.5 Å². The zero-order valence-electron chi connectivity index (χ0n) is 13.8. The first-order valence-electron chi connectivity index (χ1n) is 7.95. The van der Waals surface area contributed by atoms with Crippen LogP contribution in [0.4, 0.5) is 11.4 Å². The second-order valence-corrected chi connectivity index (χ2v) is 5.91. The molecule has 0 aliphatic heterocycles. The molecule has 0 saturated heterocycles. The highest BCUT2D eigenvalue weighted by Gasteiger charge is 2.15. The smallest absolute Gasteiger partial charge is 0.239 e. The average Bonchev–Trinajstić information content (AvgIpc) is 2.97. The number of hydrazine groups is 1. The number of hydrogen-bond acceptors (Lipinski definition) is 4. The first-order chi connectivity index (χ1) is 12.1. The van der Waals surface area contributed by atoms with Crippen LogP contribution in [0.5, 0.6) is 0 Å². The van der Waals surface area contributed by atoms with E-state index in [9.17, 15) is 4.79 Å². The molecule has 0 bridgehead atoms. The summed E-state index contributed by atoms with van der Waals surface area (Å²) in [6.07, 6.45) is 0.745. The summed E-state index contributed by atoms with van der Waals surface area (Å²) in [5.74, 6) is -0.121. The number of aromatic nitrogens is 1. The minimum atomic E-state index is -0.121. The zero-order valence-corrected chi connectivity index (χ0v) is 14.5. The van der Waals surface area contributed by atoms with Gasteiger partial charge in [0.1, 0.15) is 0 Å². The zero-order chi connectivity index (χ0) is 17.6. The Hall–Kier alpha value is -2.79. The van der Waals surface area contributed by atoms with Crippen LogP contribution < -0.4 is 10.4 Å². The highest BCUT2D eigenvalue weighted by atomic mass is 35.5. The molecule has 1 heterocycles.